The van der Waals surface area contributed by atoms with Gasteiger partial charge in [0.05, 0.1) is 12.5 Å². The summed E-state index contributed by atoms with van der Waals surface area (Å²) in [5, 5.41) is 0. The van der Waals surface area contributed by atoms with Gasteiger partial charge < -0.3 is 22.0 Å². The zero-order chi connectivity index (χ0) is 20.3. The molecule has 2 aliphatic rings. The maximum Gasteiger partial charge on any atom is 0.209 e. The van der Waals surface area contributed by atoms with Gasteiger partial charge in [0.1, 0.15) is 5.75 Å². The highest BCUT2D eigenvalue weighted by atomic mass is 35.5. The van der Waals surface area contributed by atoms with Crippen molar-refractivity contribution in [2.24, 2.45) is 0 Å². The van der Waals surface area contributed by atoms with Gasteiger partial charge in [0.15, 0.2) is 12.3 Å². The van der Waals surface area contributed by atoms with Gasteiger partial charge in [-0.1, -0.05) is 32.0 Å². The number of hydrogen-bond acceptors (Lipinski definition) is 2. The average molecular weight is 411 g/mol. The second-order valence-corrected chi connectivity index (χ2v) is 9.09. The van der Waals surface area contributed by atoms with Crippen LogP contribution in [0.5, 0.6) is 5.75 Å². The van der Waals surface area contributed by atoms with Gasteiger partial charge in [-0.15, -0.1) is 0 Å². The number of halogens is 1. The molecule has 0 N–H and O–H groups in total. The van der Waals surface area contributed by atoms with Crippen molar-refractivity contribution in [2.75, 3.05) is 19.1 Å². The van der Waals surface area contributed by atoms with E-state index in [0.29, 0.717) is 6.04 Å². The molecule has 3 nitrogen and oxygen atoms in total. The Morgan fingerprint density at radius 1 is 1.03 bits per heavy atom. The second kappa shape index (κ2) is 7.21. The van der Waals surface area contributed by atoms with Gasteiger partial charge in [-0.05, 0) is 44.5 Å². The second-order valence-electron chi connectivity index (χ2n) is 9.09. The zero-order valence-electron chi connectivity index (χ0n) is 18.5. The molecule has 1 unspecified atom stereocenters. The topological polar surface area (TPSA) is 15.5 Å². The Labute approximate surface area is 181 Å². The lowest BCUT2D eigenvalue weighted by Crippen LogP contribution is -3.00. The van der Waals surface area contributed by atoms with Crippen LogP contribution in [0, 0.1) is 0 Å². The minimum Gasteiger partial charge on any atom is -1.00 e. The Kier molecular flexibility index (Phi) is 5.33. The van der Waals surface area contributed by atoms with Crippen LogP contribution in [0.15, 0.2) is 54.2 Å². The normalized spacial score (nSPS) is 23.7. The zero-order valence-corrected chi connectivity index (χ0v) is 19.2. The Morgan fingerprint density at radius 3 is 2.38 bits per heavy atom. The molecule has 0 saturated carbocycles. The molecular weight excluding hydrogens is 380 g/mol. The number of nitrogens with zero attached hydrogens (tertiary/aromatic N) is 2. The molecule has 4 heteroatoms. The average Bonchev–Trinajstić information content (AvgIpc) is 2.99. The third kappa shape index (κ3) is 3.07. The maximum atomic E-state index is 5.47. The Morgan fingerprint density at radius 2 is 1.72 bits per heavy atom. The fourth-order valence-electron chi connectivity index (χ4n) is 4.83. The first-order valence-corrected chi connectivity index (χ1v) is 10.1. The summed E-state index contributed by atoms with van der Waals surface area (Å²) < 4.78 is 7.89. The van der Waals surface area contributed by atoms with Crippen molar-refractivity contribution in [2.45, 2.75) is 51.5 Å². The Bertz CT molecular complexity index is 1000. The number of fused-ring (bicyclic) bond motifs is 2. The fourth-order valence-corrected chi connectivity index (χ4v) is 4.83. The minimum atomic E-state index is -0.0109. The van der Waals surface area contributed by atoms with Crippen molar-refractivity contribution in [3.8, 4) is 5.75 Å². The number of allylic oxidation sites excluding steroid dienone is 2. The van der Waals surface area contributed by atoms with E-state index in [2.05, 4.69) is 106 Å². The molecule has 2 aliphatic heterocycles. The Balaban J connectivity index is 0.00000240. The first-order valence-electron chi connectivity index (χ1n) is 10.1. The number of likely N-dealkylation sites (N-methyl/N-ethyl adjacent to an activating group) is 1. The molecule has 0 aliphatic carbocycles. The number of methoxy groups -OCH3 is 1. The summed E-state index contributed by atoms with van der Waals surface area (Å²) in [5.74, 6) is 0.923. The van der Waals surface area contributed by atoms with E-state index in [1.165, 1.54) is 28.2 Å². The number of para-hydroxylation sites is 1. The van der Waals surface area contributed by atoms with Crippen molar-refractivity contribution in [3.63, 3.8) is 0 Å². The largest absolute Gasteiger partial charge is 1.00 e. The molecule has 0 radical (unpaired) electrons. The van der Waals surface area contributed by atoms with Crippen LogP contribution in [-0.2, 0) is 10.8 Å². The van der Waals surface area contributed by atoms with Crippen LogP contribution in [0.3, 0.4) is 0 Å². The smallest absolute Gasteiger partial charge is 0.209 e. The number of anilines is 1. The van der Waals surface area contributed by atoms with Gasteiger partial charge >= 0.3 is 0 Å². The third-order valence-corrected chi connectivity index (χ3v) is 6.97. The monoisotopic (exact) mass is 410 g/mol. The molecule has 2 aromatic carbocycles. The summed E-state index contributed by atoms with van der Waals surface area (Å²) in [6, 6.07) is 15.5. The number of hydrogen-bond donors (Lipinski definition) is 0. The molecule has 2 aromatic rings. The SMILES string of the molecule is COc1ccc2c(c1)C(C)(C)C(C)[N+]2=C/C=C1\N(C)c2ccccc2C1(C)C.[Cl-]. The number of benzene rings is 2. The van der Waals surface area contributed by atoms with E-state index >= 15 is 0 Å². The van der Waals surface area contributed by atoms with Crippen molar-refractivity contribution in [1.29, 1.82) is 0 Å². The minimum absolute atomic E-state index is 0. The van der Waals surface area contributed by atoms with Crippen LogP contribution >= 0.6 is 0 Å². The predicted molar refractivity (Wildman–Crippen MR) is 117 cm³/mol. The molecule has 0 amide bonds. The molecule has 0 fully saturated rings. The summed E-state index contributed by atoms with van der Waals surface area (Å²) >= 11 is 0. The van der Waals surface area contributed by atoms with Crippen molar-refractivity contribution < 1.29 is 21.7 Å². The first kappa shape index (κ1) is 21.4. The van der Waals surface area contributed by atoms with Crippen LogP contribution in [0.1, 0.15) is 45.7 Å². The quantitative estimate of drug-likeness (QED) is 0.706. The number of ether oxygens (including phenoxy) is 1. The van der Waals surface area contributed by atoms with Gasteiger partial charge in [0.25, 0.3) is 0 Å². The highest BCUT2D eigenvalue weighted by Gasteiger charge is 2.47. The Hall–Kier alpha value is -2.26. The lowest BCUT2D eigenvalue weighted by Gasteiger charge is -2.23. The van der Waals surface area contributed by atoms with Crippen LogP contribution in [0.25, 0.3) is 0 Å². The summed E-state index contributed by atoms with van der Waals surface area (Å²) in [6.07, 6.45) is 4.57. The fraction of sp³-hybridized carbons (Fsp3) is 0.400. The van der Waals surface area contributed by atoms with E-state index in [1.807, 2.05) is 0 Å². The molecule has 0 aromatic heterocycles. The molecular formula is C25H31ClN2O. The molecule has 154 valence electrons. The summed E-state index contributed by atoms with van der Waals surface area (Å²) in [5.41, 5.74) is 6.66. The lowest BCUT2D eigenvalue weighted by atomic mass is 9.81. The predicted octanol–water partition coefficient (Wildman–Crippen LogP) is 2.41. The summed E-state index contributed by atoms with van der Waals surface area (Å²) in [4.78, 5) is 2.33. The van der Waals surface area contributed by atoms with Crippen molar-refractivity contribution in [1.82, 2.24) is 0 Å². The van der Waals surface area contributed by atoms with Gasteiger partial charge in [0, 0.05) is 41.6 Å². The van der Waals surface area contributed by atoms with E-state index in [4.69, 9.17) is 4.74 Å². The highest BCUT2D eigenvalue weighted by Crippen LogP contribution is 2.47. The van der Waals surface area contributed by atoms with E-state index in [0.717, 1.165) is 5.75 Å². The first-order chi connectivity index (χ1) is 13.2. The van der Waals surface area contributed by atoms with Crippen molar-refractivity contribution in [3.05, 3.63) is 65.4 Å². The van der Waals surface area contributed by atoms with Crippen LogP contribution in [-0.4, -0.2) is 31.0 Å². The summed E-state index contributed by atoms with van der Waals surface area (Å²) in [6.45, 7) is 11.6. The standard InChI is InChI=1S/C25H31N2O.ClH/c1-17-24(2,3)20-16-18(28-7)12-13-22(20)27(17)15-14-23-25(4,5)19-10-8-9-11-21(19)26(23)6;/h8-17H,1-7H3;1H/q+1;/p-1. The van der Waals surface area contributed by atoms with Crippen molar-refractivity contribution >= 4 is 17.6 Å². The highest BCUT2D eigenvalue weighted by molar-refractivity contribution is 5.78. The van der Waals surface area contributed by atoms with E-state index in [-0.39, 0.29) is 23.2 Å². The van der Waals surface area contributed by atoms with Gasteiger partial charge in [-0.2, -0.15) is 4.58 Å². The van der Waals surface area contributed by atoms with Crippen LogP contribution in [0.2, 0.25) is 0 Å². The molecule has 29 heavy (non-hydrogen) atoms. The summed E-state index contributed by atoms with van der Waals surface area (Å²) in [7, 11) is 3.90. The van der Waals surface area contributed by atoms with Crippen LogP contribution in [0.4, 0.5) is 11.4 Å². The molecule has 0 bridgehead atoms. The van der Waals surface area contributed by atoms with Gasteiger partial charge in [0.2, 0.25) is 5.69 Å². The van der Waals surface area contributed by atoms with E-state index < -0.39 is 0 Å². The lowest BCUT2D eigenvalue weighted by molar-refractivity contribution is -0.473. The van der Waals surface area contributed by atoms with E-state index in [9.17, 15) is 0 Å². The van der Waals surface area contributed by atoms with E-state index in [1.54, 1.807) is 7.11 Å². The van der Waals surface area contributed by atoms with Crippen LogP contribution < -0.4 is 22.0 Å². The van der Waals surface area contributed by atoms with Gasteiger partial charge in [-0.25, -0.2) is 0 Å². The third-order valence-electron chi connectivity index (χ3n) is 6.97. The molecule has 2 heterocycles. The molecule has 4 rings (SSSR count). The molecule has 0 saturated heterocycles. The molecule has 0 spiro atoms. The molecule has 1 atom stereocenters. The number of rotatable bonds is 2. The maximum absolute atomic E-state index is 5.47. The van der Waals surface area contributed by atoms with Gasteiger partial charge in [-0.3, -0.25) is 0 Å².